The zero-order valence-corrected chi connectivity index (χ0v) is 10.1. The monoisotopic (exact) mass is 244 g/mol. The van der Waals surface area contributed by atoms with Gasteiger partial charge in [-0.05, 0) is 18.5 Å². The molecule has 0 spiro atoms. The van der Waals surface area contributed by atoms with Gasteiger partial charge in [-0.1, -0.05) is 30.3 Å². The van der Waals surface area contributed by atoms with Gasteiger partial charge in [-0.25, -0.2) is 0 Å². The SMILES string of the molecule is N#CC1CCNCC1C(=O)OCc1ccccc1. The highest BCUT2D eigenvalue weighted by molar-refractivity contribution is 5.73. The largest absolute Gasteiger partial charge is 0.461 e. The molecule has 94 valence electrons. The molecule has 4 nitrogen and oxygen atoms in total. The molecule has 1 heterocycles. The van der Waals surface area contributed by atoms with Gasteiger partial charge < -0.3 is 10.1 Å². The van der Waals surface area contributed by atoms with Gasteiger partial charge >= 0.3 is 5.97 Å². The Morgan fingerprint density at radius 1 is 1.44 bits per heavy atom. The second kappa shape index (κ2) is 6.18. The number of piperidine rings is 1. The Balaban J connectivity index is 1.89. The average Bonchev–Trinajstić information content (AvgIpc) is 2.45. The van der Waals surface area contributed by atoms with E-state index in [1.165, 1.54) is 0 Å². The molecule has 1 aliphatic rings. The molecule has 4 heteroatoms. The van der Waals surface area contributed by atoms with Crippen LogP contribution in [0.25, 0.3) is 0 Å². The first-order valence-electron chi connectivity index (χ1n) is 6.12. The fourth-order valence-electron chi connectivity index (χ4n) is 2.10. The summed E-state index contributed by atoms with van der Waals surface area (Å²) in [6.07, 6.45) is 0.710. The van der Waals surface area contributed by atoms with Gasteiger partial charge in [0, 0.05) is 6.54 Å². The standard InChI is InChI=1S/C14H16N2O2/c15-8-12-6-7-16-9-13(12)14(17)18-10-11-4-2-1-3-5-11/h1-5,12-13,16H,6-7,9-10H2. The van der Waals surface area contributed by atoms with E-state index >= 15 is 0 Å². The fourth-order valence-corrected chi connectivity index (χ4v) is 2.10. The molecule has 1 aromatic carbocycles. The summed E-state index contributed by atoms with van der Waals surface area (Å²) in [7, 11) is 0. The minimum atomic E-state index is -0.340. The van der Waals surface area contributed by atoms with Crippen molar-refractivity contribution in [2.75, 3.05) is 13.1 Å². The van der Waals surface area contributed by atoms with Crippen LogP contribution in [0.15, 0.2) is 30.3 Å². The summed E-state index contributed by atoms with van der Waals surface area (Å²) in [5.74, 6) is -0.848. The Morgan fingerprint density at radius 3 is 2.94 bits per heavy atom. The summed E-state index contributed by atoms with van der Waals surface area (Å²) in [4.78, 5) is 11.9. The van der Waals surface area contributed by atoms with Crippen LogP contribution in [-0.4, -0.2) is 19.1 Å². The number of ether oxygens (including phenoxy) is 1. The second-order valence-electron chi connectivity index (χ2n) is 4.43. The van der Waals surface area contributed by atoms with Crippen LogP contribution < -0.4 is 5.32 Å². The summed E-state index contributed by atoms with van der Waals surface area (Å²) in [6.45, 7) is 1.60. The maximum absolute atomic E-state index is 11.9. The number of benzene rings is 1. The van der Waals surface area contributed by atoms with Crippen LogP contribution in [0.5, 0.6) is 0 Å². The van der Waals surface area contributed by atoms with E-state index < -0.39 is 0 Å². The Hall–Kier alpha value is -1.86. The van der Waals surface area contributed by atoms with Crippen LogP contribution in [0.4, 0.5) is 0 Å². The van der Waals surface area contributed by atoms with Crippen molar-refractivity contribution >= 4 is 5.97 Å². The van der Waals surface area contributed by atoms with Crippen molar-refractivity contribution in [3.63, 3.8) is 0 Å². The molecule has 1 aromatic rings. The highest BCUT2D eigenvalue weighted by atomic mass is 16.5. The van der Waals surface area contributed by atoms with Crippen molar-refractivity contribution in [1.29, 1.82) is 5.26 Å². The van der Waals surface area contributed by atoms with Gasteiger partial charge in [-0.3, -0.25) is 4.79 Å². The van der Waals surface area contributed by atoms with Gasteiger partial charge in [0.2, 0.25) is 0 Å². The number of rotatable bonds is 3. The molecule has 1 fully saturated rings. The lowest BCUT2D eigenvalue weighted by molar-refractivity contribution is -0.151. The number of nitriles is 1. The molecule has 0 saturated carbocycles. The summed E-state index contributed by atoms with van der Waals surface area (Å²) in [6, 6.07) is 11.7. The van der Waals surface area contributed by atoms with Crippen LogP contribution in [-0.2, 0) is 16.1 Å². The van der Waals surface area contributed by atoms with Gasteiger partial charge in [0.25, 0.3) is 0 Å². The van der Waals surface area contributed by atoms with Crippen LogP contribution in [0, 0.1) is 23.2 Å². The summed E-state index contributed by atoms with van der Waals surface area (Å²) >= 11 is 0. The van der Waals surface area contributed by atoms with Crippen LogP contribution in [0.3, 0.4) is 0 Å². The van der Waals surface area contributed by atoms with E-state index in [-0.39, 0.29) is 24.4 Å². The molecular weight excluding hydrogens is 228 g/mol. The predicted octanol–water partition coefficient (Wildman–Crippen LogP) is 1.48. The highest BCUT2D eigenvalue weighted by Crippen LogP contribution is 2.20. The molecule has 2 rings (SSSR count). The van der Waals surface area contributed by atoms with Crippen molar-refractivity contribution in [2.45, 2.75) is 13.0 Å². The summed E-state index contributed by atoms with van der Waals surface area (Å²) in [5.41, 5.74) is 0.961. The minimum Gasteiger partial charge on any atom is -0.461 e. The molecule has 2 atom stereocenters. The average molecular weight is 244 g/mol. The molecular formula is C14H16N2O2. The van der Waals surface area contributed by atoms with Gasteiger partial charge in [0.1, 0.15) is 6.61 Å². The third-order valence-corrected chi connectivity index (χ3v) is 3.17. The molecule has 0 aliphatic carbocycles. The number of hydrogen-bond acceptors (Lipinski definition) is 4. The lowest BCUT2D eigenvalue weighted by Crippen LogP contribution is -2.41. The summed E-state index contributed by atoms with van der Waals surface area (Å²) in [5, 5.41) is 12.1. The van der Waals surface area contributed by atoms with Gasteiger partial charge in [0.15, 0.2) is 0 Å². The van der Waals surface area contributed by atoms with E-state index in [1.807, 2.05) is 30.3 Å². The Bertz CT molecular complexity index is 439. The van der Waals surface area contributed by atoms with Crippen molar-refractivity contribution < 1.29 is 9.53 Å². The summed E-state index contributed by atoms with van der Waals surface area (Å²) < 4.78 is 5.27. The molecule has 0 bridgehead atoms. The van der Waals surface area contributed by atoms with E-state index in [4.69, 9.17) is 10.00 Å². The normalized spacial score (nSPS) is 23.1. The first kappa shape index (κ1) is 12.6. The van der Waals surface area contributed by atoms with Crippen LogP contribution in [0.2, 0.25) is 0 Å². The number of carbonyl (C=O) groups excluding carboxylic acids is 1. The third kappa shape index (κ3) is 3.08. The lowest BCUT2D eigenvalue weighted by Gasteiger charge is -2.25. The van der Waals surface area contributed by atoms with E-state index in [0.29, 0.717) is 13.0 Å². The molecule has 1 aliphatic heterocycles. The van der Waals surface area contributed by atoms with E-state index in [0.717, 1.165) is 12.1 Å². The van der Waals surface area contributed by atoms with Crippen LogP contribution >= 0.6 is 0 Å². The zero-order chi connectivity index (χ0) is 12.8. The van der Waals surface area contributed by atoms with Gasteiger partial charge in [-0.15, -0.1) is 0 Å². The molecule has 18 heavy (non-hydrogen) atoms. The fraction of sp³-hybridized carbons (Fsp3) is 0.429. The third-order valence-electron chi connectivity index (χ3n) is 3.17. The van der Waals surface area contributed by atoms with Gasteiger partial charge in [-0.2, -0.15) is 5.26 Å². The van der Waals surface area contributed by atoms with Crippen molar-refractivity contribution in [1.82, 2.24) is 5.32 Å². The lowest BCUT2D eigenvalue weighted by atomic mass is 9.88. The van der Waals surface area contributed by atoms with Gasteiger partial charge in [0.05, 0.1) is 17.9 Å². The number of nitrogens with zero attached hydrogens (tertiary/aromatic N) is 1. The first-order chi connectivity index (χ1) is 8.81. The number of hydrogen-bond donors (Lipinski definition) is 1. The Kier molecular flexibility index (Phi) is 4.32. The van der Waals surface area contributed by atoms with E-state index in [2.05, 4.69) is 11.4 Å². The molecule has 0 radical (unpaired) electrons. The molecule has 1 N–H and O–H groups in total. The molecule has 2 unspecified atom stereocenters. The maximum Gasteiger partial charge on any atom is 0.311 e. The number of esters is 1. The minimum absolute atomic E-state index is 0.227. The highest BCUT2D eigenvalue weighted by Gasteiger charge is 2.32. The number of carbonyl (C=O) groups is 1. The van der Waals surface area contributed by atoms with Crippen LogP contribution in [0.1, 0.15) is 12.0 Å². The predicted molar refractivity (Wildman–Crippen MR) is 66.3 cm³/mol. The Labute approximate surface area is 107 Å². The topological polar surface area (TPSA) is 62.1 Å². The zero-order valence-electron chi connectivity index (χ0n) is 10.1. The first-order valence-corrected chi connectivity index (χ1v) is 6.12. The maximum atomic E-state index is 11.9. The quantitative estimate of drug-likeness (QED) is 0.818. The van der Waals surface area contributed by atoms with Crippen molar-refractivity contribution in [3.05, 3.63) is 35.9 Å². The Morgan fingerprint density at radius 2 is 2.22 bits per heavy atom. The molecule has 0 amide bonds. The van der Waals surface area contributed by atoms with E-state index in [9.17, 15) is 4.79 Å². The molecule has 0 aromatic heterocycles. The van der Waals surface area contributed by atoms with Crippen molar-refractivity contribution in [2.24, 2.45) is 11.8 Å². The second-order valence-corrected chi connectivity index (χ2v) is 4.43. The van der Waals surface area contributed by atoms with E-state index in [1.54, 1.807) is 0 Å². The molecule has 1 saturated heterocycles. The number of nitrogens with one attached hydrogen (secondary N) is 1. The smallest absolute Gasteiger partial charge is 0.311 e. The van der Waals surface area contributed by atoms with Crippen molar-refractivity contribution in [3.8, 4) is 6.07 Å².